The van der Waals surface area contributed by atoms with Crippen LogP contribution in [0.3, 0.4) is 0 Å². The molecular formula is C22H17N3O. The van der Waals surface area contributed by atoms with Crippen LogP contribution < -0.4 is 5.69 Å². The fraction of sp³-hybridized carbons (Fsp3) is 0.0909. The van der Waals surface area contributed by atoms with Crippen molar-refractivity contribution in [2.24, 2.45) is 14.1 Å². The van der Waals surface area contributed by atoms with Crippen molar-refractivity contribution in [3.8, 4) is 6.07 Å². The van der Waals surface area contributed by atoms with Crippen molar-refractivity contribution >= 4 is 33.5 Å². The number of aryl methyl sites for hydroxylation is 2. The molecule has 4 nitrogen and oxygen atoms in total. The standard InChI is InChI=1S/C22H17N3O/c1-24-20-11-10-15(13-21(20)25(2)22(24)26)12-17(14-23)19-9-5-7-16-6-3-4-8-18(16)19/h3-13H,1-2H3/b17-12-. The van der Waals surface area contributed by atoms with Crippen LogP contribution in [-0.2, 0) is 14.1 Å². The van der Waals surface area contributed by atoms with Gasteiger partial charge in [0.15, 0.2) is 0 Å². The number of aromatic nitrogens is 2. The minimum atomic E-state index is -0.0595. The van der Waals surface area contributed by atoms with E-state index in [0.717, 1.165) is 32.9 Å². The average molecular weight is 339 g/mol. The maximum Gasteiger partial charge on any atom is 0.328 e. The molecule has 3 aromatic carbocycles. The normalized spacial score (nSPS) is 11.8. The molecule has 0 amide bonds. The molecule has 1 heterocycles. The van der Waals surface area contributed by atoms with Gasteiger partial charge in [-0.15, -0.1) is 0 Å². The smallest absolute Gasteiger partial charge is 0.295 e. The average Bonchev–Trinajstić information content (AvgIpc) is 2.90. The fourth-order valence-electron chi connectivity index (χ4n) is 3.41. The van der Waals surface area contributed by atoms with E-state index in [1.54, 1.807) is 23.2 Å². The molecule has 0 aliphatic heterocycles. The summed E-state index contributed by atoms with van der Waals surface area (Å²) in [5.41, 5.74) is 4.06. The molecule has 4 aromatic rings. The van der Waals surface area contributed by atoms with Crippen LogP contribution in [0.5, 0.6) is 0 Å². The Morgan fingerprint density at radius 2 is 1.69 bits per heavy atom. The first-order chi connectivity index (χ1) is 12.6. The molecule has 0 N–H and O–H groups in total. The van der Waals surface area contributed by atoms with Crippen LogP contribution in [0.1, 0.15) is 11.1 Å². The Bertz CT molecular complexity index is 1280. The third kappa shape index (κ3) is 2.42. The molecule has 0 fully saturated rings. The van der Waals surface area contributed by atoms with Gasteiger partial charge in [-0.3, -0.25) is 9.13 Å². The molecule has 0 aliphatic carbocycles. The number of fused-ring (bicyclic) bond motifs is 2. The predicted molar refractivity (Wildman–Crippen MR) is 106 cm³/mol. The molecule has 0 saturated heterocycles. The second kappa shape index (κ2) is 6.05. The van der Waals surface area contributed by atoms with Crippen LogP contribution >= 0.6 is 0 Å². The maximum absolute atomic E-state index is 12.1. The van der Waals surface area contributed by atoms with Crippen molar-refractivity contribution in [3.05, 3.63) is 82.3 Å². The Kier molecular flexibility index (Phi) is 3.70. The van der Waals surface area contributed by atoms with Gasteiger partial charge in [-0.25, -0.2) is 4.79 Å². The minimum absolute atomic E-state index is 0.0595. The molecule has 0 unspecified atom stereocenters. The summed E-state index contributed by atoms with van der Waals surface area (Å²) in [5.74, 6) is 0. The van der Waals surface area contributed by atoms with Gasteiger partial charge in [0.1, 0.15) is 0 Å². The van der Waals surface area contributed by atoms with E-state index in [1.807, 2.05) is 66.7 Å². The quantitative estimate of drug-likeness (QED) is 0.408. The molecule has 1 aromatic heterocycles. The SMILES string of the molecule is Cn1c(=O)n(C)c2cc(/C=C(/C#N)c3cccc4ccccc34)ccc21. The molecule has 0 aliphatic rings. The zero-order chi connectivity index (χ0) is 18.3. The summed E-state index contributed by atoms with van der Waals surface area (Å²) in [6.45, 7) is 0. The summed E-state index contributed by atoms with van der Waals surface area (Å²) in [6, 6.07) is 22.1. The van der Waals surface area contributed by atoms with Gasteiger partial charge in [-0.2, -0.15) is 5.26 Å². The van der Waals surface area contributed by atoms with Crippen LogP contribution in [0, 0.1) is 11.3 Å². The third-order valence-electron chi connectivity index (χ3n) is 4.81. The van der Waals surface area contributed by atoms with Crippen LogP contribution in [-0.4, -0.2) is 9.13 Å². The number of hydrogen-bond donors (Lipinski definition) is 0. The third-order valence-corrected chi connectivity index (χ3v) is 4.81. The Morgan fingerprint density at radius 1 is 0.962 bits per heavy atom. The van der Waals surface area contributed by atoms with Crippen LogP contribution in [0.2, 0.25) is 0 Å². The van der Waals surface area contributed by atoms with Crippen LogP contribution in [0.25, 0.3) is 33.5 Å². The largest absolute Gasteiger partial charge is 0.328 e. The monoisotopic (exact) mass is 339 g/mol. The maximum atomic E-state index is 12.1. The Hall–Kier alpha value is -3.58. The second-order valence-electron chi connectivity index (χ2n) is 6.35. The molecule has 0 spiro atoms. The van der Waals surface area contributed by atoms with E-state index in [2.05, 4.69) is 6.07 Å². The summed E-state index contributed by atoms with van der Waals surface area (Å²) in [7, 11) is 3.52. The number of imidazole rings is 1. The first kappa shape index (κ1) is 15.9. The number of hydrogen-bond acceptors (Lipinski definition) is 2. The first-order valence-electron chi connectivity index (χ1n) is 8.35. The molecule has 26 heavy (non-hydrogen) atoms. The molecule has 0 saturated carbocycles. The van der Waals surface area contributed by atoms with Gasteiger partial charge in [0.05, 0.1) is 22.7 Å². The summed E-state index contributed by atoms with van der Waals surface area (Å²) >= 11 is 0. The van der Waals surface area contributed by atoms with Gasteiger partial charge in [0.2, 0.25) is 0 Å². The highest BCUT2D eigenvalue weighted by Crippen LogP contribution is 2.27. The van der Waals surface area contributed by atoms with E-state index in [-0.39, 0.29) is 5.69 Å². The molecular weight excluding hydrogens is 322 g/mol. The summed E-state index contributed by atoms with van der Waals surface area (Å²) in [4.78, 5) is 12.1. The number of rotatable bonds is 2. The fourth-order valence-corrected chi connectivity index (χ4v) is 3.41. The van der Waals surface area contributed by atoms with E-state index >= 15 is 0 Å². The van der Waals surface area contributed by atoms with Crippen molar-refractivity contribution in [2.75, 3.05) is 0 Å². The van der Waals surface area contributed by atoms with Crippen molar-refractivity contribution in [2.45, 2.75) is 0 Å². The zero-order valence-electron chi connectivity index (χ0n) is 14.6. The van der Waals surface area contributed by atoms with Gasteiger partial charge in [0.25, 0.3) is 0 Å². The van der Waals surface area contributed by atoms with Gasteiger partial charge in [0, 0.05) is 19.7 Å². The lowest BCUT2D eigenvalue weighted by atomic mass is 9.97. The molecule has 126 valence electrons. The molecule has 4 heteroatoms. The lowest BCUT2D eigenvalue weighted by molar-refractivity contribution is 0.795. The van der Waals surface area contributed by atoms with Gasteiger partial charge in [-0.05, 0) is 34.5 Å². The van der Waals surface area contributed by atoms with Gasteiger partial charge in [-0.1, -0.05) is 48.5 Å². The van der Waals surface area contributed by atoms with E-state index in [9.17, 15) is 10.1 Å². The summed E-state index contributed by atoms with van der Waals surface area (Å²) < 4.78 is 3.25. The Labute approximate surface area is 150 Å². The van der Waals surface area contributed by atoms with E-state index < -0.39 is 0 Å². The van der Waals surface area contributed by atoms with E-state index in [0.29, 0.717) is 5.57 Å². The van der Waals surface area contributed by atoms with Crippen LogP contribution in [0.15, 0.2) is 65.5 Å². The number of nitriles is 1. The van der Waals surface area contributed by atoms with Crippen molar-refractivity contribution in [1.82, 2.24) is 9.13 Å². The van der Waals surface area contributed by atoms with E-state index in [1.165, 1.54) is 0 Å². The van der Waals surface area contributed by atoms with Crippen molar-refractivity contribution in [3.63, 3.8) is 0 Å². The Balaban J connectivity index is 1.91. The van der Waals surface area contributed by atoms with Crippen molar-refractivity contribution < 1.29 is 0 Å². The number of allylic oxidation sites excluding steroid dienone is 1. The summed E-state index contributed by atoms with van der Waals surface area (Å²) in [5, 5.41) is 11.9. The zero-order valence-corrected chi connectivity index (χ0v) is 14.6. The highest BCUT2D eigenvalue weighted by Gasteiger charge is 2.09. The van der Waals surface area contributed by atoms with Crippen LogP contribution in [0.4, 0.5) is 0 Å². The summed E-state index contributed by atoms with van der Waals surface area (Å²) in [6.07, 6.45) is 1.87. The van der Waals surface area contributed by atoms with Gasteiger partial charge >= 0.3 is 5.69 Å². The first-order valence-corrected chi connectivity index (χ1v) is 8.35. The van der Waals surface area contributed by atoms with E-state index in [4.69, 9.17) is 0 Å². The number of benzene rings is 3. The second-order valence-corrected chi connectivity index (χ2v) is 6.35. The number of nitrogens with zero attached hydrogens (tertiary/aromatic N) is 3. The lowest BCUT2D eigenvalue weighted by Crippen LogP contribution is -2.19. The Morgan fingerprint density at radius 3 is 2.50 bits per heavy atom. The minimum Gasteiger partial charge on any atom is -0.295 e. The predicted octanol–water partition coefficient (Wildman–Crippen LogP) is 4.09. The van der Waals surface area contributed by atoms with Crippen molar-refractivity contribution in [1.29, 1.82) is 5.26 Å². The molecule has 4 rings (SSSR count). The highest BCUT2D eigenvalue weighted by molar-refractivity contribution is 6.02. The molecule has 0 bridgehead atoms. The molecule has 0 atom stereocenters. The lowest BCUT2D eigenvalue weighted by Gasteiger charge is -2.06. The highest BCUT2D eigenvalue weighted by atomic mass is 16.1. The topological polar surface area (TPSA) is 50.7 Å². The molecule has 0 radical (unpaired) electrons. The van der Waals surface area contributed by atoms with Gasteiger partial charge < -0.3 is 0 Å².